The normalized spacial score (nSPS) is 11.9. The van der Waals surface area contributed by atoms with E-state index in [0.717, 1.165) is 16.7 Å². The Labute approximate surface area is 118 Å². The van der Waals surface area contributed by atoms with Crippen LogP contribution in [0.3, 0.4) is 0 Å². The van der Waals surface area contributed by atoms with Crippen LogP contribution < -0.4 is 5.32 Å². The van der Waals surface area contributed by atoms with E-state index < -0.39 is 5.38 Å². The number of likely N-dealkylation sites (N-methyl/N-ethyl adjacent to an activating group) is 1. The number of hydrogen-bond donors (Lipinski definition) is 1. The molecule has 2 nitrogen and oxygen atoms in total. The molecule has 0 aliphatic heterocycles. The second-order valence-electron chi connectivity index (χ2n) is 4.25. The van der Waals surface area contributed by atoms with Crippen LogP contribution in [0.5, 0.6) is 0 Å². The maximum absolute atomic E-state index is 11.7. The number of carbonyl (C=O) groups excluding carboxylic acids is 1. The Kier molecular flexibility index (Phi) is 4.58. The van der Waals surface area contributed by atoms with Crippen LogP contribution in [0.25, 0.3) is 11.1 Å². The van der Waals surface area contributed by atoms with E-state index in [-0.39, 0.29) is 5.91 Å². The molecule has 0 aliphatic rings. The lowest BCUT2D eigenvalue weighted by molar-refractivity contribution is -0.120. The van der Waals surface area contributed by atoms with E-state index in [9.17, 15) is 4.79 Å². The minimum atomic E-state index is -0.634. The summed E-state index contributed by atoms with van der Waals surface area (Å²) in [6, 6.07) is 17.9. The predicted molar refractivity (Wildman–Crippen MR) is 79.2 cm³/mol. The van der Waals surface area contributed by atoms with Crippen molar-refractivity contribution < 1.29 is 4.79 Å². The lowest BCUT2D eigenvalue weighted by Gasteiger charge is -2.10. The molecule has 0 radical (unpaired) electrons. The summed E-state index contributed by atoms with van der Waals surface area (Å²) in [4.78, 5) is 11.7. The van der Waals surface area contributed by atoms with E-state index in [1.54, 1.807) is 0 Å². The molecule has 1 amide bonds. The van der Waals surface area contributed by atoms with Gasteiger partial charge in [-0.3, -0.25) is 4.79 Å². The molecule has 3 heteroatoms. The molecule has 1 N–H and O–H groups in total. The van der Waals surface area contributed by atoms with Gasteiger partial charge < -0.3 is 5.32 Å². The molecule has 1 atom stereocenters. The van der Waals surface area contributed by atoms with Crippen molar-refractivity contribution in [3.05, 3.63) is 60.2 Å². The number of halogens is 1. The second kappa shape index (κ2) is 6.39. The molecule has 19 heavy (non-hydrogen) atoms. The Bertz CT molecular complexity index is 536. The average molecular weight is 274 g/mol. The highest BCUT2D eigenvalue weighted by Gasteiger charge is 2.16. The van der Waals surface area contributed by atoms with E-state index in [0.29, 0.717) is 6.54 Å². The number of hydrogen-bond acceptors (Lipinski definition) is 1. The Morgan fingerprint density at radius 2 is 1.63 bits per heavy atom. The predicted octanol–water partition coefficient (Wildman–Crippen LogP) is 3.77. The smallest absolute Gasteiger partial charge is 0.242 e. The van der Waals surface area contributed by atoms with Crippen LogP contribution in [0.2, 0.25) is 0 Å². The lowest BCUT2D eigenvalue weighted by Crippen LogP contribution is -2.26. The molecule has 0 heterocycles. The molecular weight excluding hydrogens is 258 g/mol. The van der Waals surface area contributed by atoms with Gasteiger partial charge in [-0.2, -0.15) is 0 Å². The quantitative estimate of drug-likeness (QED) is 0.844. The number of rotatable bonds is 4. The zero-order chi connectivity index (χ0) is 13.7. The van der Waals surface area contributed by atoms with Crippen LogP contribution in [0.15, 0.2) is 54.6 Å². The summed E-state index contributed by atoms with van der Waals surface area (Å²) in [5, 5.41) is 2.08. The second-order valence-corrected chi connectivity index (χ2v) is 4.68. The highest BCUT2D eigenvalue weighted by atomic mass is 35.5. The molecule has 0 aromatic heterocycles. The van der Waals surface area contributed by atoms with Gasteiger partial charge in [0.2, 0.25) is 5.91 Å². The molecule has 0 spiro atoms. The van der Waals surface area contributed by atoms with E-state index in [1.165, 1.54) is 0 Å². The molecule has 0 aliphatic carbocycles. The fraction of sp³-hybridized carbons (Fsp3) is 0.188. The molecule has 0 saturated heterocycles. The van der Waals surface area contributed by atoms with Crippen LogP contribution >= 0.6 is 11.6 Å². The van der Waals surface area contributed by atoms with Gasteiger partial charge in [-0.15, -0.1) is 11.6 Å². The third kappa shape index (κ3) is 3.36. The van der Waals surface area contributed by atoms with E-state index in [2.05, 4.69) is 17.4 Å². The molecule has 2 aromatic rings. The largest absolute Gasteiger partial charge is 0.355 e. The number of alkyl halides is 1. The minimum absolute atomic E-state index is 0.156. The third-order valence-electron chi connectivity index (χ3n) is 2.89. The van der Waals surface area contributed by atoms with Gasteiger partial charge in [0.1, 0.15) is 5.38 Å². The van der Waals surface area contributed by atoms with Gasteiger partial charge in [0.05, 0.1) is 0 Å². The topological polar surface area (TPSA) is 29.1 Å². The first-order valence-electron chi connectivity index (χ1n) is 6.29. The maximum atomic E-state index is 11.7. The Hall–Kier alpha value is -1.80. The van der Waals surface area contributed by atoms with Crippen molar-refractivity contribution in [1.29, 1.82) is 0 Å². The van der Waals surface area contributed by atoms with Crippen LogP contribution in [-0.4, -0.2) is 12.5 Å². The molecule has 2 aromatic carbocycles. The van der Waals surface area contributed by atoms with Gasteiger partial charge >= 0.3 is 0 Å². The maximum Gasteiger partial charge on any atom is 0.242 e. The Morgan fingerprint density at radius 3 is 2.21 bits per heavy atom. The molecule has 2 rings (SSSR count). The molecule has 0 fully saturated rings. The number of amides is 1. The monoisotopic (exact) mass is 273 g/mol. The fourth-order valence-corrected chi connectivity index (χ4v) is 2.11. The third-order valence-corrected chi connectivity index (χ3v) is 3.34. The zero-order valence-electron chi connectivity index (χ0n) is 10.8. The number of nitrogens with one attached hydrogen (secondary N) is 1. The molecule has 1 unspecified atom stereocenters. The van der Waals surface area contributed by atoms with Gasteiger partial charge in [0.25, 0.3) is 0 Å². The lowest BCUT2D eigenvalue weighted by atomic mass is 10.0. The van der Waals surface area contributed by atoms with Crippen molar-refractivity contribution in [2.45, 2.75) is 12.3 Å². The summed E-state index contributed by atoms with van der Waals surface area (Å²) < 4.78 is 0. The van der Waals surface area contributed by atoms with Crippen molar-refractivity contribution in [2.75, 3.05) is 6.54 Å². The highest BCUT2D eigenvalue weighted by molar-refractivity contribution is 6.30. The first kappa shape index (κ1) is 13.6. The van der Waals surface area contributed by atoms with E-state index >= 15 is 0 Å². The first-order chi connectivity index (χ1) is 9.22. The summed E-state index contributed by atoms with van der Waals surface area (Å²) >= 11 is 6.12. The van der Waals surface area contributed by atoms with Crippen LogP contribution in [-0.2, 0) is 4.79 Å². The van der Waals surface area contributed by atoms with Gasteiger partial charge in [0, 0.05) is 6.54 Å². The Morgan fingerprint density at radius 1 is 1.05 bits per heavy atom. The fourth-order valence-electron chi connectivity index (χ4n) is 1.89. The average Bonchev–Trinajstić information content (AvgIpc) is 2.48. The summed E-state index contributed by atoms with van der Waals surface area (Å²) in [7, 11) is 0. The van der Waals surface area contributed by atoms with Crippen molar-refractivity contribution >= 4 is 17.5 Å². The zero-order valence-corrected chi connectivity index (χ0v) is 11.5. The van der Waals surface area contributed by atoms with Gasteiger partial charge in [-0.05, 0) is 23.6 Å². The minimum Gasteiger partial charge on any atom is -0.355 e. The van der Waals surface area contributed by atoms with Gasteiger partial charge in [-0.1, -0.05) is 54.6 Å². The van der Waals surface area contributed by atoms with E-state index in [1.807, 2.05) is 49.4 Å². The van der Waals surface area contributed by atoms with Crippen molar-refractivity contribution in [2.24, 2.45) is 0 Å². The van der Waals surface area contributed by atoms with Crippen LogP contribution in [0, 0.1) is 0 Å². The number of benzene rings is 2. The standard InChI is InChI=1S/C16H16ClNO/c1-2-18-16(19)15(17)14-10-8-13(9-11-14)12-6-4-3-5-7-12/h3-11,15H,2H2,1H3,(H,18,19). The summed E-state index contributed by atoms with van der Waals surface area (Å²) in [6.45, 7) is 2.46. The van der Waals surface area contributed by atoms with Crippen LogP contribution in [0.1, 0.15) is 17.9 Å². The molecule has 98 valence electrons. The van der Waals surface area contributed by atoms with E-state index in [4.69, 9.17) is 11.6 Å². The van der Waals surface area contributed by atoms with Gasteiger partial charge in [-0.25, -0.2) is 0 Å². The SMILES string of the molecule is CCNC(=O)C(Cl)c1ccc(-c2ccccc2)cc1. The Balaban J connectivity index is 2.17. The van der Waals surface area contributed by atoms with Crippen LogP contribution in [0.4, 0.5) is 0 Å². The molecule has 0 saturated carbocycles. The van der Waals surface area contributed by atoms with Gasteiger partial charge in [0.15, 0.2) is 0 Å². The molecular formula is C16H16ClNO. The summed E-state index contributed by atoms with van der Waals surface area (Å²) in [5.74, 6) is -0.156. The van der Waals surface area contributed by atoms with Crippen molar-refractivity contribution in [3.8, 4) is 11.1 Å². The summed E-state index contributed by atoms with van der Waals surface area (Å²) in [5.41, 5.74) is 3.08. The number of carbonyl (C=O) groups is 1. The first-order valence-corrected chi connectivity index (χ1v) is 6.73. The van der Waals surface area contributed by atoms with Crippen molar-refractivity contribution in [3.63, 3.8) is 0 Å². The molecule has 0 bridgehead atoms. The highest BCUT2D eigenvalue weighted by Crippen LogP contribution is 2.25. The summed E-state index contributed by atoms with van der Waals surface area (Å²) in [6.07, 6.45) is 0. The van der Waals surface area contributed by atoms with Crippen molar-refractivity contribution in [1.82, 2.24) is 5.32 Å².